The second-order valence-corrected chi connectivity index (χ2v) is 7.41. The average molecular weight is 353 g/mol. The van der Waals surface area contributed by atoms with Crippen molar-refractivity contribution in [3.05, 3.63) is 22.4 Å². The van der Waals surface area contributed by atoms with Crippen LogP contribution in [-0.2, 0) is 9.53 Å². The number of hydrogen-bond acceptors (Lipinski definition) is 5. The van der Waals surface area contributed by atoms with E-state index in [2.05, 4.69) is 58.6 Å². The number of esters is 1. The SMILES string of the molecule is CN=C(NCC(c1cccs1)N(C)C)N1CC(C)C(C(=O)OC)C1. The van der Waals surface area contributed by atoms with Crippen molar-refractivity contribution in [2.75, 3.05) is 47.9 Å². The molecule has 0 aromatic carbocycles. The van der Waals surface area contributed by atoms with E-state index in [4.69, 9.17) is 4.74 Å². The Bertz CT molecular complexity index is 559. The number of likely N-dealkylation sites (tertiary alicyclic amines) is 1. The summed E-state index contributed by atoms with van der Waals surface area (Å²) in [6, 6.07) is 4.53. The third kappa shape index (κ3) is 4.27. The highest BCUT2D eigenvalue weighted by Crippen LogP contribution is 2.25. The molecule has 0 aliphatic carbocycles. The van der Waals surface area contributed by atoms with Crippen molar-refractivity contribution >= 4 is 23.3 Å². The molecule has 1 saturated heterocycles. The molecule has 1 aromatic heterocycles. The number of nitrogens with zero attached hydrogens (tertiary/aromatic N) is 3. The lowest BCUT2D eigenvalue weighted by Crippen LogP contribution is -2.43. The Labute approximate surface area is 148 Å². The van der Waals surface area contributed by atoms with Gasteiger partial charge in [-0.3, -0.25) is 9.79 Å². The van der Waals surface area contributed by atoms with Crippen LogP contribution in [0.4, 0.5) is 0 Å². The quantitative estimate of drug-likeness (QED) is 0.496. The summed E-state index contributed by atoms with van der Waals surface area (Å²) in [5.74, 6) is 0.885. The molecule has 2 rings (SSSR count). The van der Waals surface area contributed by atoms with E-state index in [1.54, 1.807) is 18.4 Å². The zero-order chi connectivity index (χ0) is 17.7. The minimum absolute atomic E-state index is 0.0875. The maximum atomic E-state index is 11.9. The van der Waals surface area contributed by atoms with Crippen molar-refractivity contribution in [3.8, 4) is 0 Å². The van der Waals surface area contributed by atoms with E-state index in [0.29, 0.717) is 6.54 Å². The maximum Gasteiger partial charge on any atom is 0.310 e. The molecule has 6 nitrogen and oxygen atoms in total. The summed E-state index contributed by atoms with van der Waals surface area (Å²) >= 11 is 1.76. The highest BCUT2D eigenvalue weighted by atomic mass is 32.1. The number of carbonyl (C=O) groups excluding carboxylic acids is 1. The summed E-state index contributed by atoms with van der Waals surface area (Å²) in [5, 5.41) is 5.57. The number of rotatable bonds is 5. The van der Waals surface area contributed by atoms with Crippen molar-refractivity contribution < 1.29 is 9.53 Å². The summed E-state index contributed by atoms with van der Waals surface area (Å²) in [7, 11) is 7.40. The van der Waals surface area contributed by atoms with Gasteiger partial charge in [-0.15, -0.1) is 11.3 Å². The first-order valence-corrected chi connectivity index (χ1v) is 9.09. The minimum atomic E-state index is -0.134. The zero-order valence-corrected chi connectivity index (χ0v) is 16.0. The molecule has 0 bridgehead atoms. The fourth-order valence-corrected chi connectivity index (χ4v) is 4.06. The molecular weight excluding hydrogens is 324 g/mol. The molecule has 0 amide bonds. The van der Waals surface area contributed by atoms with Crippen LogP contribution < -0.4 is 5.32 Å². The van der Waals surface area contributed by atoms with Gasteiger partial charge in [0.05, 0.1) is 19.1 Å². The molecule has 1 aliphatic heterocycles. The van der Waals surface area contributed by atoms with Crippen molar-refractivity contribution in [3.63, 3.8) is 0 Å². The van der Waals surface area contributed by atoms with Gasteiger partial charge in [-0.25, -0.2) is 0 Å². The van der Waals surface area contributed by atoms with Crippen molar-refractivity contribution in [2.24, 2.45) is 16.8 Å². The van der Waals surface area contributed by atoms with Gasteiger partial charge in [0.15, 0.2) is 5.96 Å². The summed E-state index contributed by atoms with van der Waals surface area (Å²) in [4.78, 5) is 22.0. The number of likely N-dealkylation sites (N-methyl/N-ethyl adjacent to an activating group) is 1. The molecule has 0 saturated carbocycles. The Hall–Kier alpha value is -1.60. The van der Waals surface area contributed by atoms with Gasteiger partial charge < -0.3 is 19.9 Å². The number of ether oxygens (including phenoxy) is 1. The molecule has 24 heavy (non-hydrogen) atoms. The lowest BCUT2D eigenvalue weighted by molar-refractivity contribution is -0.145. The Morgan fingerprint density at radius 3 is 2.83 bits per heavy atom. The van der Waals surface area contributed by atoms with Gasteiger partial charge in [-0.05, 0) is 31.5 Å². The highest BCUT2D eigenvalue weighted by molar-refractivity contribution is 7.10. The maximum absolute atomic E-state index is 11.9. The van der Waals surface area contributed by atoms with Gasteiger partial charge in [0.2, 0.25) is 0 Å². The molecule has 2 heterocycles. The molecule has 1 aromatic rings. The van der Waals surface area contributed by atoms with Gasteiger partial charge in [-0.2, -0.15) is 0 Å². The molecule has 3 unspecified atom stereocenters. The normalized spacial score (nSPS) is 22.8. The van der Waals surface area contributed by atoms with E-state index in [0.717, 1.165) is 19.0 Å². The van der Waals surface area contributed by atoms with E-state index >= 15 is 0 Å². The number of hydrogen-bond donors (Lipinski definition) is 1. The Morgan fingerprint density at radius 1 is 1.54 bits per heavy atom. The number of carbonyl (C=O) groups is 1. The first-order valence-electron chi connectivity index (χ1n) is 8.21. The third-order valence-electron chi connectivity index (χ3n) is 4.58. The van der Waals surface area contributed by atoms with Crippen LogP contribution in [0.15, 0.2) is 22.5 Å². The topological polar surface area (TPSA) is 57.2 Å². The van der Waals surface area contributed by atoms with Crippen LogP contribution in [0.3, 0.4) is 0 Å². The summed E-state index contributed by atoms with van der Waals surface area (Å²) < 4.78 is 4.91. The smallest absolute Gasteiger partial charge is 0.310 e. The van der Waals surface area contributed by atoms with Gasteiger partial charge in [0.1, 0.15) is 0 Å². The Kier molecular flexibility index (Phi) is 6.62. The second kappa shape index (κ2) is 8.48. The van der Waals surface area contributed by atoms with E-state index < -0.39 is 0 Å². The standard InChI is InChI=1S/C17H28N4O2S/c1-12-10-21(11-13(12)16(22)23-5)17(18-2)19-9-14(20(3)4)15-7-6-8-24-15/h6-8,12-14H,9-11H2,1-5H3,(H,18,19). The van der Waals surface area contributed by atoms with Crippen LogP contribution in [-0.4, -0.2) is 69.6 Å². The van der Waals surface area contributed by atoms with Crippen LogP contribution in [0, 0.1) is 11.8 Å². The Morgan fingerprint density at radius 2 is 2.29 bits per heavy atom. The molecule has 1 aliphatic rings. The molecule has 1 N–H and O–H groups in total. The number of thiophene rings is 1. The molecule has 0 radical (unpaired) electrons. The van der Waals surface area contributed by atoms with Crippen molar-refractivity contribution in [1.29, 1.82) is 0 Å². The van der Waals surface area contributed by atoms with Crippen LogP contribution in [0.1, 0.15) is 17.8 Å². The number of guanidine groups is 1. The predicted octanol–water partition coefficient (Wildman–Crippen LogP) is 1.67. The molecule has 134 valence electrons. The zero-order valence-electron chi connectivity index (χ0n) is 15.2. The number of nitrogens with one attached hydrogen (secondary N) is 1. The minimum Gasteiger partial charge on any atom is -0.469 e. The van der Waals surface area contributed by atoms with Gasteiger partial charge in [0.25, 0.3) is 0 Å². The van der Waals surface area contributed by atoms with Gasteiger partial charge in [0, 0.05) is 31.6 Å². The van der Waals surface area contributed by atoms with Crippen LogP contribution in [0.5, 0.6) is 0 Å². The van der Waals surface area contributed by atoms with Gasteiger partial charge in [-0.1, -0.05) is 13.0 Å². The largest absolute Gasteiger partial charge is 0.469 e. The summed E-state index contributed by atoms with van der Waals surface area (Å²) in [5.41, 5.74) is 0. The van der Waals surface area contributed by atoms with Crippen LogP contribution in [0.25, 0.3) is 0 Å². The second-order valence-electron chi connectivity index (χ2n) is 6.43. The Balaban J connectivity index is 1.99. The van der Waals surface area contributed by atoms with E-state index in [1.165, 1.54) is 12.0 Å². The highest BCUT2D eigenvalue weighted by Gasteiger charge is 2.37. The first-order chi connectivity index (χ1) is 11.5. The molecular formula is C17H28N4O2S. The van der Waals surface area contributed by atoms with Crippen LogP contribution in [0.2, 0.25) is 0 Å². The summed E-state index contributed by atoms with van der Waals surface area (Å²) in [6.07, 6.45) is 0. The first kappa shape index (κ1) is 18.7. The third-order valence-corrected chi connectivity index (χ3v) is 5.55. The fourth-order valence-electron chi connectivity index (χ4n) is 3.14. The van der Waals surface area contributed by atoms with Crippen LogP contribution >= 0.6 is 11.3 Å². The lowest BCUT2D eigenvalue weighted by atomic mass is 9.99. The fraction of sp³-hybridized carbons (Fsp3) is 0.647. The van der Waals surface area contributed by atoms with E-state index in [-0.39, 0.29) is 23.8 Å². The lowest BCUT2D eigenvalue weighted by Gasteiger charge is -2.27. The van der Waals surface area contributed by atoms with Crippen molar-refractivity contribution in [1.82, 2.24) is 15.1 Å². The number of methoxy groups -OCH3 is 1. The predicted molar refractivity (Wildman–Crippen MR) is 98.4 cm³/mol. The van der Waals surface area contributed by atoms with Gasteiger partial charge >= 0.3 is 5.97 Å². The van der Waals surface area contributed by atoms with E-state index in [1.807, 2.05) is 0 Å². The number of aliphatic imine (C=N–C) groups is 1. The molecule has 0 spiro atoms. The molecule has 1 fully saturated rings. The molecule has 3 atom stereocenters. The van der Waals surface area contributed by atoms with E-state index in [9.17, 15) is 4.79 Å². The molecule has 7 heteroatoms. The average Bonchev–Trinajstić information content (AvgIpc) is 3.20. The summed E-state index contributed by atoms with van der Waals surface area (Å²) in [6.45, 7) is 4.32. The monoisotopic (exact) mass is 352 g/mol. The van der Waals surface area contributed by atoms with Crippen molar-refractivity contribution in [2.45, 2.75) is 13.0 Å².